The number of nitrogens with one attached hydrogen (secondary N) is 2. The number of hydrogen-bond acceptors (Lipinski definition) is 10. The molecule has 2 amide bonds. The van der Waals surface area contributed by atoms with E-state index in [1.807, 2.05) is 37.3 Å². The number of fused-ring (bicyclic) bond motifs is 1. The van der Waals surface area contributed by atoms with Gasteiger partial charge in [-0.05, 0) is 66.9 Å². The average molecular weight is 741 g/mol. The maximum atomic E-state index is 13.8. The van der Waals surface area contributed by atoms with Gasteiger partial charge in [0.05, 0.1) is 65.7 Å². The fourth-order valence-electron chi connectivity index (χ4n) is 6.38. The molecule has 1 heterocycles. The van der Waals surface area contributed by atoms with Gasteiger partial charge in [-0.3, -0.25) is 14.4 Å². The first kappa shape index (κ1) is 40.2. The predicted octanol–water partition coefficient (Wildman–Crippen LogP) is 5.22. The van der Waals surface area contributed by atoms with E-state index in [0.717, 1.165) is 39.9 Å². The summed E-state index contributed by atoms with van der Waals surface area (Å²) in [5.41, 5.74) is 5.22. The molecular weight excluding hydrogens is 688 g/mol. The van der Waals surface area contributed by atoms with Crippen LogP contribution in [-0.4, -0.2) is 116 Å². The minimum absolute atomic E-state index is 0.136. The van der Waals surface area contributed by atoms with Crippen LogP contribution in [0.5, 0.6) is 5.75 Å². The zero-order valence-electron chi connectivity index (χ0n) is 31.6. The van der Waals surface area contributed by atoms with Crippen molar-refractivity contribution in [1.82, 2.24) is 10.2 Å². The Kier molecular flexibility index (Phi) is 15.6. The van der Waals surface area contributed by atoms with Gasteiger partial charge in [-0.25, -0.2) is 0 Å². The van der Waals surface area contributed by atoms with Gasteiger partial charge in [-0.1, -0.05) is 30.3 Å². The molecule has 1 fully saturated rings. The molecule has 288 valence electrons. The smallest absolute Gasteiger partial charge is 0.254 e. The molecule has 12 heteroatoms. The summed E-state index contributed by atoms with van der Waals surface area (Å²) >= 11 is 0. The lowest BCUT2D eigenvalue weighted by Crippen LogP contribution is -2.32. The van der Waals surface area contributed by atoms with Crippen molar-refractivity contribution in [3.8, 4) is 5.75 Å². The summed E-state index contributed by atoms with van der Waals surface area (Å²) in [5, 5.41) is 7.72. The molecule has 0 aromatic heterocycles. The monoisotopic (exact) mass is 740 g/mol. The number of hydrogen-bond donors (Lipinski definition) is 2. The van der Waals surface area contributed by atoms with Crippen molar-refractivity contribution in [2.24, 2.45) is 0 Å². The van der Waals surface area contributed by atoms with Crippen molar-refractivity contribution in [2.45, 2.75) is 19.9 Å². The van der Waals surface area contributed by atoms with Gasteiger partial charge in [0.1, 0.15) is 5.75 Å². The Morgan fingerprint density at radius 3 is 2.11 bits per heavy atom. The minimum Gasteiger partial charge on any atom is -0.495 e. The molecule has 0 unspecified atom stereocenters. The molecule has 2 N–H and O–H groups in total. The Hall–Kier alpha value is -5.01. The summed E-state index contributed by atoms with van der Waals surface area (Å²) in [5.74, 6) is 0.423. The van der Waals surface area contributed by atoms with E-state index in [-0.39, 0.29) is 11.8 Å². The van der Waals surface area contributed by atoms with Gasteiger partial charge in [0.15, 0.2) is 6.29 Å². The molecule has 1 saturated heterocycles. The molecule has 0 saturated carbocycles. The SMILES string of the molecule is CCNC(=O)c1ccc(CN(C)C(=O)c2cccc3c(NCCc4ccc(N5CCOCCOCCOCCOCC5)c(OC)c4)ccc(C=O)c23)cc1. The number of aldehydes is 1. The van der Waals surface area contributed by atoms with Crippen LogP contribution in [0.3, 0.4) is 0 Å². The first-order valence-electron chi connectivity index (χ1n) is 18.5. The van der Waals surface area contributed by atoms with E-state index in [2.05, 4.69) is 33.7 Å². The van der Waals surface area contributed by atoms with Crippen molar-refractivity contribution in [3.05, 3.63) is 101 Å². The van der Waals surface area contributed by atoms with Crippen LogP contribution < -0.4 is 20.3 Å². The number of ether oxygens (including phenoxy) is 5. The Morgan fingerprint density at radius 1 is 0.833 bits per heavy atom. The minimum atomic E-state index is -0.208. The van der Waals surface area contributed by atoms with Crippen LogP contribution in [0.1, 0.15) is 49.1 Å². The van der Waals surface area contributed by atoms with Gasteiger partial charge in [-0.15, -0.1) is 0 Å². The summed E-state index contributed by atoms with van der Waals surface area (Å²) in [6, 6.07) is 22.6. The molecule has 0 spiro atoms. The summed E-state index contributed by atoms with van der Waals surface area (Å²) in [4.78, 5) is 42.0. The summed E-state index contributed by atoms with van der Waals surface area (Å²) in [6.45, 7) is 8.98. The number of benzene rings is 4. The summed E-state index contributed by atoms with van der Waals surface area (Å²) in [6.07, 6.45) is 1.50. The second-order valence-electron chi connectivity index (χ2n) is 12.9. The number of nitrogens with zero attached hydrogens (tertiary/aromatic N) is 2. The molecule has 12 nitrogen and oxygen atoms in total. The van der Waals surface area contributed by atoms with Gasteiger partial charge in [0.25, 0.3) is 11.8 Å². The van der Waals surface area contributed by atoms with Crippen LogP contribution in [-0.2, 0) is 31.9 Å². The van der Waals surface area contributed by atoms with Crippen molar-refractivity contribution in [3.63, 3.8) is 0 Å². The van der Waals surface area contributed by atoms with Crippen LogP contribution in [0, 0.1) is 0 Å². The molecule has 0 bridgehead atoms. The second kappa shape index (κ2) is 21.0. The molecule has 4 aromatic rings. The van der Waals surface area contributed by atoms with E-state index in [0.29, 0.717) is 114 Å². The highest BCUT2D eigenvalue weighted by Crippen LogP contribution is 2.32. The number of amides is 2. The lowest BCUT2D eigenvalue weighted by atomic mass is 9.97. The Labute approximate surface area is 317 Å². The van der Waals surface area contributed by atoms with Crippen LogP contribution in [0.2, 0.25) is 0 Å². The highest BCUT2D eigenvalue weighted by Gasteiger charge is 2.19. The topological polar surface area (TPSA) is 128 Å². The predicted molar refractivity (Wildman–Crippen MR) is 210 cm³/mol. The zero-order valence-corrected chi connectivity index (χ0v) is 31.6. The van der Waals surface area contributed by atoms with Gasteiger partial charge >= 0.3 is 0 Å². The first-order chi connectivity index (χ1) is 26.4. The highest BCUT2D eigenvalue weighted by atomic mass is 16.6. The third-order valence-corrected chi connectivity index (χ3v) is 9.19. The number of rotatable bonds is 12. The lowest BCUT2D eigenvalue weighted by Gasteiger charge is -2.27. The Bertz CT molecular complexity index is 1820. The number of methoxy groups -OCH3 is 1. The van der Waals surface area contributed by atoms with Crippen molar-refractivity contribution in [1.29, 1.82) is 0 Å². The lowest BCUT2D eigenvalue weighted by molar-refractivity contribution is 0.00206. The van der Waals surface area contributed by atoms with Crippen LogP contribution in [0.25, 0.3) is 10.8 Å². The number of anilines is 2. The molecule has 54 heavy (non-hydrogen) atoms. The van der Waals surface area contributed by atoms with E-state index in [9.17, 15) is 14.4 Å². The quantitative estimate of drug-likeness (QED) is 0.187. The van der Waals surface area contributed by atoms with E-state index < -0.39 is 0 Å². The number of carbonyl (C=O) groups is 3. The Balaban J connectivity index is 1.26. The zero-order chi connectivity index (χ0) is 38.1. The average Bonchev–Trinajstić information content (AvgIpc) is 3.21. The molecule has 4 aromatic carbocycles. The van der Waals surface area contributed by atoms with Gasteiger partial charge < -0.3 is 44.1 Å². The van der Waals surface area contributed by atoms with Gasteiger partial charge in [0, 0.05) is 72.9 Å². The maximum absolute atomic E-state index is 13.8. The molecule has 0 aliphatic carbocycles. The Morgan fingerprint density at radius 2 is 1.48 bits per heavy atom. The fraction of sp³-hybridized carbons (Fsp3) is 0.405. The summed E-state index contributed by atoms with van der Waals surface area (Å²) < 4.78 is 28.6. The molecule has 1 aliphatic heterocycles. The van der Waals surface area contributed by atoms with Crippen LogP contribution >= 0.6 is 0 Å². The first-order valence-corrected chi connectivity index (χ1v) is 18.5. The van der Waals surface area contributed by atoms with Gasteiger partial charge in [0.2, 0.25) is 0 Å². The molecular formula is C42H52N4O8. The molecule has 0 atom stereocenters. The maximum Gasteiger partial charge on any atom is 0.254 e. The van der Waals surface area contributed by atoms with Crippen LogP contribution in [0.4, 0.5) is 11.4 Å². The van der Waals surface area contributed by atoms with Crippen molar-refractivity contribution >= 4 is 40.2 Å². The van der Waals surface area contributed by atoms with E-state index >= 15 is 0 Å². The highest BCUT2D eigenvalue weighted by molar-refractivity contribution is 6.15. The largest absolute Gasteiger partial charge is 0.495 e. The van der Waals surface area contributed by atoms with Gasteiger partial charge in [-0.2, -0.15) is 0 Å². The molecule has 1 aliphatic rings. The normalized spacial score (nSPS) is 14.8. The number of carbonyl (C=O) groups excluding carboxylic acids is 3. The van der Waals surface area contributed by atoms with E-state index in [1.54, 1.807) is 43.3 Å². The van der Waals surface area contributed by atoms with Crippen LogP contribution in [0.15, 0.2) is 72.8 Å². The molecule has 0 radical (unpaired) electrons. The third kappa shape index (κ3) is 11.0. The second-order valence-corrected chi connectivity index (χ2v) is 12.9. The fourth-order valence-corrected chi connectivity index (χ4v) is 6.38. The van der Waals surface area contributed by atoms with E-state index in [4.69, 9.17) is 23.7 Å². The molecule has 5 rings (SSSR count). The standard InChI is InChI=1S/C42H52N4O8/c1-4-43-41(48)33-11-8-32(9-12-33)29-45(2)42(49)36-7-5-6-35-37(14-13-34(30-47)40(35)36)44-17-16-31-10-15-38(39(28-31)50-3)46-18-20-51-22-24-53-26-27-54-25-23-52-21-19-46/h5-15,28,30,44H,4,16-27,29H2,1-3H3,(H,43,48). The van der Waals surface area contributed by atoms with Crippen molar-refractivity contribution in [2.75, 3.05) is 103 Å². The third-order valence-electron chi connectivity index (χ3n) is 9.19. The van der Waals surface area contributed by atoms with E-state index in [1.165, 1.54) is 0 Å². The van der Waals surface area contributed by atoms with Crippen molar-refractivity contribution < 1.29 is 38.1 Å². The summed E-state index contributed by atoms with van der Waals surface area (Å²) in [7, 11) is 3.41.